The molecule has 0 unspecified atom stereocenters. The van der Waals surface area contributed by atoms with Crippen LogP contribution >= 0.6 is 15.9 Å². The van der Waals surface area contributed by atoms with Gasteiger partial charge in [-0.3, -0.25) is 0 Å². The lowest BCUT2D eigenvalue weighted by Gasteiger charge is -2.10. The van der Waals surface area contributed by atoms with Gasteiger partial charge in [-0.15, -0.1) is 0 Å². The molecule has 76 valence electrons. The topological polar surface area (TPSA) is 44.5 Å². The van der Waals surface area contributed by atoms with E-state index in [-0.39, 0.29) is 0 Å². The van der Waals surface area contributed by atoms with E-state index in [1.807, 2.05) is 6.07 Å². The maximum Gasteiger partial charge on any atom is 0.231 e. The molecule has 0 amide bonds. The van der Waals surface area contributed by atoms with Crippen molar-refractivity contribution in [2.24, 2.45) is 5.73 Å². The predicted octanol–water partition coefficient (Wildman–Crippen LogP) is 2.20. The fraction of sp³-hybridized carbons (Fsp3) is 0.400. The summed E-state index contributed by atoms with van der Waals surface area (Å²) in [6.07, 6.45) is 0.934. The van der Waals surface area contributed by atoms with E-state index in [2.05, 4.69) is 22.9 Å². The monoisotopic (exact) mass is 257 g/mol. The minimum atomic E-state index is 0.297. The van der Waals surface area contributed by atoms with Gasteiger partial charge in [-0.05, 0) is 39.5 Å². The van der Waals surface area contributed by atoms with Crippen LogP contribution in [0.5, 0.6) is 11.5 Å². The second kappa shape index (κ2) is 3.79. The Balaban J connectivity index is 2.60. The molecule has 3 nitrogen and oxygen atoms in total. The Bertz CT molecular complexity index is 366. The molecule has 0 aromatic heterocycles. The lowest BCUT2D eigenvalue weighted by Crippen LogP contribution is -2.02. The van der Waals surface area contributed by atoms with Gasteiger partial charge in [0.15, 0.2) is 11.5 Å². The van der Waals surface area contributed by atoms with Crippen LogP contribution < -0.4 is 15.2 Å². The van der Waals surface area contributed by atoms with Crippen LogP contribution in [-0.4, -0.2) is 6.79 Å². The first kappa shape index (κ1) is 9.80. The van der Waals surface area contributed by atoms with Gasteiger partial charge in [-0.25, -0.2) is 0 Å². The van der Waals surface area contributed by atoms with Crippen molar-refractivity contribution in [3.8, 4) is 11.5 Å². The van der Waals surface area contributed by atoms with Crippen LogP contribution in [0.3, 0.4) is 0 Å². The quantitative estimate of drug-likeness (QED) is 0.884. The average molecular weight is 258 g/mol. The molecule has 2 N–H and O–H groups in total. The minimum Gasteiger partial charge on any atom is -0.454 e. The van der Waals surface area contributed by atoms with E-state index in [0.717, 1.165) is 28.0 Å². The maximum absolute atomic E-state index is 5.67. The smallest absolute Gasteiger partial charge is 0.231 e. The second-order valence-corrected chi connectivity index (χ2v) is 3.91. The van der Waals surface area contributed by atoms with Gasteiger partial charge in [-0.2, -0.15) is 0 Å². The van der Waals surface area contributed by atoms with E-state index >= 15 is 0 Å². The molecule has 1 aromatic carbocycles. The molecule has 1 aliphatic rings. The molecule has 2 rings (SSSR count). The first-order valence-corrected chi connectivity index (χ1v) is 5.37. The molecule has 0 saturated carbocycles. The third kappa shape index (κ3) is 1.38. The van der Waals surface area contributed by atoms with Crippen LogP contribution in [-0.2, 0) is 13.0 Å². The van der Waals surface area contributed by atoms with Crippen LogP contribution in [0.2, 0.25) is 0 Å². The number of halogens is 1. The number of ether oxygens (including phenoxy) is 2. The normalized spacial score (nSPS) is 13.4. The van der Waals surface area contributed by atoms with Crippen molar-refractivity contribution < 1.29 is 9.47 Å². The molecule has 0 radical (unpaired) electrons. The summed E-state index contributed by atoms with van der Waals surface area (Å²) < 4.78 is 11.7. The highest BCUT2D eigenvalue weighted by atomic mass is 79.9. The van der Waals surface area contributed by atoms with Gasteiger partial charge in [0.2, 0.25) is 6.79 Å². The molecular weight excluding hydrogens is 246 g/mol. The summed E-state index contributed by atoms with van der Waals surface area (Å²) in [5.74, 6) is 1.59. The molecule has 0 aliphatic carbocycles. The highest BCUT2D eigenvalue weighted by Gasteiger charge is 2.21. The van der Waals surface area contributed by atoms with Crippen LogP contribution in [0.4, 0.5) is 0 Å². The van der Waals surface area contributed by atoms with E-state index in [1.54, 1.807) is 0 Å². The third-order valence-corrected chi connectivity index (χ3v) is 3.21. The minimum absolute atomic E-state index is 0.297. The first-order chi connectivity index (χ1) is 6.77. The summed E-state index contributed by atoms with van der Waals surface area (Å²) in [5, 5.41) is 0. The van der Waals surface area contributed by atoms with Crippen molar-refractivity contribution in [3.05, 3.63) is 21.7 Å². The molecule has 0 spiro atoms. The summed E-state index contributed by atoms with van der Waals surface area (Å²) >= 11 is 3.52. The molecule has 0 bridgehead atoms. The average Bonchev–Trinajstić information content (AvgIpc) is 2.65. The summed E-state index contributed by atoms with van der Waals surface area (Å²) in [6, 6.07) is 1.96. The highest BCUT2D eigenvalue weighted by Crippen LogP contribution is 2.42. The Morgan fingerprint density at radius 2 is 2.29 bits per heavy atom. The van der Waals surface area contributed by atoms with E-state index in [0.29, 0.717) is 13.3 Å². The molecule has 0 saturated heterocycles. The van der Waals surface area contributed by atoms with Crippen molar-refractivity contribution in [1.29, 1.82) is 0 Å². The maximum atomic E-state index is 5.67. The Kier molecular flexibility index (Phi) is 2.65. The molecule has 4 heteroatoms. The number of hydrogen-bond acceptors (Lipinski definition) is 3. The fourth-order valence-corrected chi connectivity index (χ4v) is 2.50. The Labute approximate surface area is 91.3 Å². The number of rotatable bonds is 2. The van der Waals surface area contributed by atoms with Gasteiger partial charge >= 0.3 is 0 Å². The van der Waals surface area contributed by atoms with Gasteiger partial charge in [0.25, 0.3) is 0 Å². The van der Waals surface area contributed by atoms with Crippen molar-refractivity contribution in [1.82, 2.24) is 0 Å². The van der Waals surface area contributed by atoms with Crippen molar-refractivity contribution >= 4 is 15.9 Å². The first-order valence-electron chi connectivity index (χ1n) is 4.57. The number of hydrogen-bond donors (Lipinski definition) is 1. The Morgan fingerprint density at radius 3 is 2.93 bits per heavy atom. The zero-order chi connectivity index (χ0) is 10.1. The second-order valence-electron chi connectivity index (χ2n) is 3.12. The molecular formula is C10H12BrNO2. The highest BCUT2D eigenvalue weighted by molar-refractivity contribution is 9.10. The van der Waals surface area contributed by atoms with Gasteiger partial charge < -0.3 is 15.2 Å². The van der Waals surface area contributed by atoms with E-state index < -0.39 is 0 Å². The molecule has 1 aliphatic heterocycles. The van der Waals surface area contributed by atoms with Crippen LogP contribution in [0.25, 0.3) is 0 Å². The fourth-order valence-electron chi connectivity index (χ4n) is 1.66. The predicted molar refractivity (Wildman–Crippen MR) is 57.5 cm³/mol. The molecule has 1 heterocycles. The Morgan fingerprint density at radius 1 is 1.50 bits per heavy atom. The zero-order valence-electron chi connectivity index (χ0n) is 7.97. The lowest BCUT2D eigenvalue weighted by atomic mass is 10.0. The van der Waals surface area contributed by atoms with Gasteiger partial charge in [0, 0.05) is 6.54 Å². The van der Waals surface area contributed by atoms with E-state index in [4.69, 9.17) is 15.2 Å². The number of benzene rings is 1. The van der Waals surface area contributed by atoms with E-state index in [9.17, 15) is 0 Å². The van der Waals surface area contributed by atoms with E-state index in [1.165, 1.54) is 5.56 Å². The summed E-state index contributed by atoms with van der Waals surface area (Å²) in [7, 11) is 0. The Hall–Kier alpha value is -0.740. The molecule has 0 fully saturated rings. The van der Waals surface area contributed by atoms with Gasteiger partial charge in [-0.1, -0.05) is 6.92 Å². The molecule has 14 heavy (non-hydrogen) atoms. The molecule has 0 atom stereocenters. The van der Waals surface area contributed by atoms with Crippen LogP contribution in [0, 0.1) is 0 Å². The summed E-state index contributed by atoms with van der Waals surface area (Å²) in [6.45, 7) is 2.92. The van der Waals surface area contributed by atoms with Crippen LogP contribution in [0.15, 0.2) is 10.5 Å². The number of nitrogens with two attached hydrogens (primary N) is 1. The summed E-state index contributed by atoms with van der Waals surface area (Å²) in [4.78, 5) is 0. The lowest BCUT2D eigenvalue weighted by molar-refractivity contribution is 0.173. The third-order valence-electron chi connectivity index (χ3n) is 2.37. The zero-order valence-corrected chi connectivity index (χ0v) is 9.56. The van der Waals surface area contributed by atoms with Crippen molar-refractivity contribution in [3.63, 3.8) is 0 Å². The SMILES string of the molecule is CCc1c(CN)cc2c(c1Br)OCO2. The largest absolute Gasteiger partial charge is 0.454 e. The van der Waals surface area contributed by atoms with Gasteiger partial charge in [0.1, 0.15) is 0 Å². The molecule has 1 aromatic rings. The standard InChI is InChI=1S/C10H12BrNO2/c1-2-7-6(4-12)3-8-10(9(7)11)14-5-13-8/h3H,2,4-5,12H2,1H3. The van der Waals surface area contributed by atoms with Crippen molar-refractivity contribution in [2.75, 3.05) is 6.79 Å². The van der Waals surface area contributed by atoms with Crippen molar-refractivity contribution in [2.45, 2.75) is 19.9 Å². The van der Waals surface area contributed by atoms with Crippen LogP contribution in [0.1, 0.15) is 18.1 Å². The van der Waals surface area contributed by atoms with Gasteiger partial charge in [0.05, 0.1) is 4.47 Å². The number of fused-ring (bicyclic) bond motifs is 1. The summed E-state index contributed by atoms with van der Waals surface area (Å²) in [5.41, 5.74) is 7.99.